The molecule has 5 nitrogen and oxygen atoms in total. The highest BCUT2D eigenvalue weighted by Crippen LogP contribution is 2.31. The van der Waals surface area contributed by atoms with Crippen molar-refractivity contribution in [2.24, 2.45) is 11.7 Å². The van der Waals surface area contributed by atoms with Crippen molar-refractivity contribution in [2.75, 3.05) is 6.61 Å². The van der Waals surface area contributed by atoms with Crippen LogP contribution in [0, 0.1) is 5.92 Å². The summed E-state index contributed by atoms with van der Waals surface area (Å²) in [6, 6.07) is 0.0585. The number of carbonyl (C=O) groups excluding carboxylic acids is 1. The highest BCUT2D eigenvalue weighted by Gasteiger charge is 2.32. The maximum absolute atomic E-state index is 11.4. The number of carbonyl (C=O) groups is 1. The Morgan fingerprint density at radius 3 is 2.59 bits per heavy atom. The third-order valence-corrected chi connectivity index (χ3v) is 2.83. The Balaban J connectivity index is 2.15. The van der Waals surface area contributed by atoms with Crippen molar-refractivity contribution < 1.29 is 14.6 Å². The van der Waals surface area contributed by atoms with Gasteiger partial charge in [-0.25, -0.2) is 4.79 Å². The van der Waals surface area contributed by atoms with Gasteiger partial charge in [-0.1, -0.05) is 0 Å². The van der Waals surface area contributed by atoms with Crippen molar-refractivity contribution >= 4 is 6.09 Å². The fraction of sp³-hybridized carbons (Fsp3) is 0.917. The number of nitrogens with one attached hydrogen (secondary N) is 1. The molecule has 0 spiro atoms. The molecule has 1 amide bonds. The molecule has 0 aromatic rings. The fourth-order valence-corrected chi connectivity index (χ4v) is 2.02. The molecule has 0 unspecified atom stereocenters. The lowest BCUT2D eigenvalue weighted by molar-refractivity contribution is 0.0444. The van der Waals surface area contributed by atoms with Crippen LogP contribution in [0.4, 0.5) is 4.79 Å². The van der Waals surface area contributed by atoms with Gasteiger partial charge < -0.3 is 20.9 Å². The van der Waals surface area contributed by atoms with Crippen LogP contribution in [0.2, 0.25) is 0 Å². The zero-order valence-corrected chi connectivity index (χ0v) is 10.9. The maximum Gasteiger partial charge on any atom is 0.407 e. The van der Waals surface area contributed by atoms with Crippen LogP contribution in [0.25, 0.3) is 0 Å². The second-order valence-corrected chi connectivity index (χ2v) is 5.86. The molecule has 0 heterocycles. The van der Waals surface area contributed by atoms with Crippen LogP contribution < -0.4 is 11.1 Å². The summed E-state index contributed by atoms with van der Waals surface area (Å²) in [5.41, 5.74) is 5.20. The van der Waals surface area contributed by atoms with Gasteiger partial charge in [-0.3, -0.25) is 0 Å². The molecular formula is C12H24N2O3. The molecule has 0 saturated heterocycles. The summed E-state index contributed by atoms with van der Waals surface area (Å²) in [5.74, 6) is 0.511. The molecule has 0 aliphatic heterocycles. The lowest BCUT2D eigenvalue weighted by Crippen LogP contribution is -2.47. The highest BCUT2D eigenvalue weighted by molar-refractivity contribution is 5.68. The fourth-order valence-electron chi connectivity index (χ4n) is 2.02. The average Bonchev–Trinajstić information content (AvgIpc) is 2.11. The van der Waals surface area contributed by atoms with Crippen LogP contribution in [0.1, 0.15) is 40.0 Å². The second-order valence-electron chi connectivity index (χ2n) is 5.86. The Hall–Kier alpha value is -0.810. The monoisotopic (exact) mass is 244 g/mol. The Bertz CT molecular complexity index is 257. The molecule has 1 rings (SSSR count). The second kappa shape index (κ2) is 5.69. The molecule has 0 aromatic heterocycles. The van der Waals surface area contributed by atoms with E-state index in [-0.39, 0.29) is 24.8 Å². The number of aliphatic hydroxyl groups is 1. The quantitative estimate of drug-likeness (QED) is 0.688. The number of hydrogen-bond acceptors (Lipinski definition) is 4. The first kappa shape index (κ1) is 14.3. The number of ether oxygens (including phenoxy) is 1. The number of nitrogens with two attached hydrogens (primary N) is 1. The minimum atomic E-state index is -0.452. The summed E-state index contributed by atoms with van der Waals surface area (Å²) in [6.45, 7) is 5.56. The zero-order valence-electron chi connectivity index (χ0n) is 10.9. The van der Waals surface area contributed by atoms with E-state index in [4.69, 9.17) is 15.6 Å². The van der Waals surface area contributed by atoms with Gasteiger partial charge in [0, 0.05) is 12.1 Å². The molecule has 1 aliphatic carbocycles. The van der Waals surface area contributed by atoms with E-state index in [2.05, 4.69) is 5.32 Å². The Kier molecular flexibility index (Phi) is 4.77. The van der Waals surface area contributed by atoms with E-state index in [9.17, 15) is 4.79 Å². The molecule has 1 atom stereocenters. The van der Waals surface area contributed by atoms with Crippen molar-refractivity contribution in [1.82, 2.24) is 5.32 Å². The van der Waals surface area contributed by atoms with E-state index in [1.165, 1.54) is 0 Å². The van der Waals surface area contributed by atoms with Gasteiger partial charge in [0.1, 0.15) is 5.60 Å². The summed E-state index contributed by atoms with van der Waals surface area (Å²) in [4.78, 5) is 11.4. The van der Waals surface area contributed by atoms with E-state index < -0.39 is 5.60 Å². The Morgan fingerprint density at radius 2 is 2.12 bits per heavy atom. The molecule has 0 aromatic carbocycles. The molecule has 0 radical (unpaired) electrons. The molecule has 17 heavy (non-hydrogen) atoms. The van der Waals surface area contributed by atoms with Gasteiger partial charge in [-0.15, -0.1) is 0 Å². The number of hydrogen-bond donors (Lipinski definition) is 3. The third-order valence-electron chi connectivity index (χ3n) is 2.83. The normalized spacial score (nSPS) is 25.9. The van der Waals surface area contributed by atoms with Gasteiger partial charge >= 0.3 is 6.09 Å². The van der Waals surface area contributed by atoms with Crippen molar-refractivity contribution in [1.29, 1.82) is 0 Å². The van der Waals surface area contributed by atoms with E-state index in [0.29, 0.717) is 5.92 Å². The van der Waals surface area contributed by atoms with Gasteiger partial charge in [0.25, 0.3) is 0 Å². The number of amides is 1. The Labute approximate surface area is 103 Å². The summed E-state index contributed by atoms with van der Waals surface area (Å²) in [7, 11) is 0. The van der Waals surface area contributed by atoms with Gasteiger partial charge in [0.05, 0.1) is 6.61 Å². The molecule has 1 aliphatic rings. The summed E-state index contributed by atoms with van der Waals surface area (Å²) >= 11 is 0. The minimum Gasteiger partial charge on any atom is -0.444 e. The third kappa shape index (κ3) is 5.37. The highest BCUT2D eigenvalue weighted by atomic mass is 16.6. The van der Waals surface area contributed by atoms with Gasteiger partial charge in [0.15, 0.2) is 0 Å². The summed E-state index contributed by atoms with van der Waals surface area (Å²) < 4.78 is 5.17. The first-order valence-corrected chi connectivity index (χ1v) is 6.16. The number of aliphatic hydroxyl groups excluding tert-OH is 1. The molecule has 100 valence electrons. The van der Waals surface area contributed by atoms with Crippen LogP contribution in [0.3, 0.4) is 0 Å². The van der Waals surface area contributed by atoms with Crippen LogP contribution in [0.15, 0.2) is 0 Å². The molecule has 4 N–H and O–H groups in total. The minimum absolute atomic E-state index is 0.0284. The summed E-state index contributed by atoms with van der Waals surface area (Å²) in [5, 5.41) is 11.7. The topological polar surface area (TPSA) is 84.6 Å². The van der Waals surface area contributed by atoms with Crippen molar-refractivity contribution in [3.05, 3.63) is 0 Å². The largest absolute Gasteiger partial charge is 0.444 e. The number of rotatable bonds is 4. The smallest absolute Gasteiger partial charge is 0.407 e. The standard InChI is InChI=1S/C12H24N2O3/c1-12(2,3)17-11(16)14-10-5-8(6-10)4-9(13)7-15/h8-10,15H,4-7,13H2,1-3H3,(H,14,16)/t8?,9-,10?/m1/s1. The van der Waals surface area contributed by atoms with Crippen molar-refractivity contribution in [3.63, 3.8) is 0 Å². The van der Waals surface area contributed by atoms with E-state index in [0.717, 1.165) is 19.3 Å². The van der Waals surface area contributed by atoms with Gasteiger partial charge in [0.2, 0.25) is 0 Å². The van der Waals surface area contributed by atoms with Gasteiger partial charge in [-0.05, 0) is 46.0 Å². The molecule has 1 fully saturated rings. The average molecular weight is 244 g/mol. The van der Waals surface area contributed by atoms with Gasteiger partial charge in [-0.2, -0.15) is 0 Å². The zero-order chi connectivity index (χ0) is 13.1. The van der Waals surface area contributed by atoms with E-state index in [1.807, 2.05) is 20.8 Å². The van der Waals surface area contributed by atoms with E-state index >= 15 is 0 Å². The van der Waals surface area contributed by atoms with Crippen LogP contribution >= 0.6 is 0 Å². The van der Waals surface area contributed by atoms with Crippen LogP contribution in [0.5, 0.6) is 0 Å². The summed E-state index contributed by atoms with van der Waals surface area (Å²) in [6.07, 6.45) is 2.32. The lowest BCUT2D eigenvalue weighted by Gasteiger charge is -2.37. The van der Waals surface area contributed by atoms with Crippen LogP contribution in [-0.2, 0) is 4.74 Å². The molecular weight excluding hydrogens is 220 g/mol. The lowest BCUT2D eigenvalue weighted by atomic mass is 9.77. The Morgan fingerprint density at radius 1 is 1.53 bits per heavy atom. The van der Waals surface area contributed by atoms with Crippen LogP contribution in [-0.4, -0.2) is 35.5 Å². The van der Waals surface area contributed by atoms with E-state index in [1.54, 1.807) is 0 Å². The van der Waals surface area contributed by atoms with Crippen molar-refractivity contribution in [2.45, 2.75) is 57.7 Å². The number of alkyl carbamates (subject to hydrolysis) is 1. The predicted molar refractivity (Wildman–Crippen MR) is 65.6 cm³/mol. The predicted octanol–water partition coefficient (Wildman–Crippen LogP) is 0.999. The maximum atomic E-state index is 11.4. The first-order chi connectivity index (χ1) is 7.80. The molecule has 1 saturated carbocycles. The molecule has 5 heteroatoms. The first-order valence-electron chi connectivity index (χ1n) is 6.16. The SMILES string of the molecule is CC(C)(C)OC(=O)NC1CC(C[C@@H](N)CO)C1. The van der Waals surface area contributed by atoms with Crippen molar-refractivity contribution in [3.8, 4) is 0 Å². The molecule has 0 bridgehead atoms.